The van der Waals surface area contributed by atoms with Gasteiger partial charge in [-0.25, -0.2) is 9.59 Å². The summed E-state index contributed by atoms with van der Waals surface area (Å²) in [5, 5.41) is 8.86. The number of esters is 1. The molecule has 1 aromatic carbocycles. The SMILES string of the molecule is C=C(C)C(=O)OCC[N+](C)(C)Cc1ccc(C(=O)O)cc1.[Cl-]. The highest BCUT2D eigenvalue weighted by Crippen LogP contribution is 2.11. The maximum atomic E-state index is 11.3. The molecule has 0 spiro atoms. The Bertz CT molecular complexity index is 538. The average molecular weight is 328 g/mol. The second-order valence-electron chi connectivity index (χ2n) is 5.74. The lowest BCUT2D eigenvalue weighted by Gasteiger charge is -2.29. The summed E-state index contributed by atoms with van der Waals surface area (Å²) in [7, 11) is 4.05. The molecular formula is C16H22ClNO4. The number of benzene rings is 1. The fraction of sp³-hybridized carbons (Fsp3) is 0.375. The van der Waals surface area contributed by atoms with Crippen LogP contribution in [0.15, 0.2) is 36.4 Å². The fourth-order valence-electron chi connectivity index (χ4n) is 1.83. The highest BCUT2D eigenvalue weighted by molar-refractivity contribution is 5.87. The molecule has 0 aromatic heterocycles. The van der Waals surface area contributed by atoms with Gasteiger partial charge in [0, 0.05) is 11.1 Å². The average Bonchev–Trinajstić information content (AvgIpc) is 2.38. The Hall–Kier alpha value is -1.85. The number of aromatic carboxylic acids is 1. The lowest BCUT2D eigenvalue weighted by Crippen LogP contribution is -3.00. The number of hydrogen-bond acceptors (Lipinski definition) is 3. The number of rotatable bonds is 7. The minimum atomic E-state index is -0.929. The van der Waals surface area contributed by atoms with Gasteiger partial charge in [0.2, 0.25) is 0 Å². The molecule has 0 aliphatic heterocycles. The predicted octanol–water partition coefficient (Wildman–Crippen LogP) is -0.915. The summed E-state index contributed by atoms with van der Waals surface area (Å²) in [6.07, 6.45) is 0. The molecular weight excluding hydrogens is 306 g/mol. The zero-order valence-corrected chi connectivity index (χ0v) is 13.9. The van der Waals surface area contributed by atoms with Crippen molar-refractivity contribution in [3.05, 3.63) is 47.5 Å². The van der Waals surface area contributed by atoms with Crippen molar-refractivity contribution in [1.29, 1.82) is 0 Å². The van der Waals surface area contributed by atoms with Gasteiger partial charge in [0.1, 0.15) is 19.7 Å². The number of hydrogen-bond donors (Lipinski definition) is 1. The molecule has 0 aliphatic rings. The number of quaternary nitrogens is 1. The minimum Gasteiger partial charge on any atom is -1.00 e. The minimum absolute atomic E-state index is 0. The molecule has 5 nitrogen and oxygen atoms in total. The van der Waals surface area contributed by atoms with E-state index < -0.39 is 5.97 Å². The third-order valence-electron chi connectivity index (χ3n) is 3.09. The summed E-state index contributed by atoms with van der Waals surface area (Å²) in [6, 6.07) is 6.81. The van der Waals surface area contributed by atoms with Crippen LogP contribution >= 0.6 is 0 Å². The monoisotopic (exact) mass is 327 g/mol. The molecule has 1 aromatic rings. The van der Waals surface area contributed by atoms with E-state index in [-0.39, 0.29) is 23.9 Å². The molecule has 0 fully saturated rings. The molecule has 1 rings (SSSR count). The second kappa shape index (κ2) is 8.56. The zero-order valence-electron chi connectivity index (χ0n) is 13.1. The lowest BCUT2D eigenvalue weighted by atomic mass is 10.1. The van der Waals surface area contributed by atoms with E-state index in [2.05, 4.69) is 6.58 Å². The highest BCUT2D eigenvalue weighted by atomic mass is 35.5. The van der Waals surface area contributed by atoms with Crippen LogP contribution in [0.2, 0.25) is 0 Å². The Balaban J connectivity index is 0.00000441. The van der Waals surface area contributed by atoms with E-state index in [4.69, 9.17) is 9.84 Å². The van der Waals surface area contributed by atoms with Crippen LogP contribution in [0.1, 0.15) is 22.8 Å². The van der Waals surface area contributed by atoms with Crippen molar-refractivity contribution in [3.63, 3.8) is 0 Å². The molecule has 0 radical (unpaired) electrons. The molecule has 6 heteroatoms. The number of nitrogens with zero attached hydrogens (tertiary/aromatic N) is 1. The van der Waals surface area contributed by atoms with Gasteiger partial charge in [-0.1, -0.05) is 18.7 Å². The third kappa shape index (κ3) is 6.74. The predicted molar refractivity (Wildman–Crippen MR) is 79.9 cm³/mol. The second-order valence-corrected chi connectivity index (χ2v) is 5.74. The zero-order chi connectivity index (χ0) is 16.0. The Morgan fingerprint density at radius 3 is 2.23 bits per heavy atom. The van der Waals surface area contributed by atoms with Gasteiger partial charge in [-0.05, 0) is 19.1 Å². The first-order valence-electron chi connectivity index (χ1n) is 6.68. The summed E-state index contributed by atoms with van der Waals surface area (Å²) in [5.41, 5.74) is 1.71. The summed E-state index contributed by atoms with van der Waals surface area (Å²) in [6.45, 7) is 6.87. The first-order valence-corrected chi connectivity index (χ1v) is 6.68. The van der Waals surface area contributed by atoms with Gasteiger partial charge in [0.25, 0.3) is 0 Å². The Morgan fingerprint density at radius 1 is 1.23 bits per heavy atom. The van der Waals surface area contributed by atoms with Crippen molar-refractivity contribution in [1.82, 2.24) is 0 Å². The van der Waals surface area contributed by atoms with Gasteiger partial charge in [-0.15, -0.1) is 0 Å². The van der Waals surface area contributed by atoms with Crippen molar-refractivity contribution >= 4 is 11.9 Å². The molecule has 1 N–H and O–H groups in total. The lowest BCUT2D eigenvalue weighted by molar-refractivity contribution is -0.903. The van der Waals surface area contributed by atoms with Crippen molar-refractivity contribution in [2.75, 3.05) is 27.2 Å². The van der Waals surface area contributed by atoms with Crippen LogP contribution in [0, 0.1) is 0 Å². The first kappa shape index (κ1) is 20.1. The smallest absolute Gasteiger partial charge is 0.335 e. The molecule has 0 amide bonds. The Labute approximate surface area is 137 Å². The van der Waals surface area contributed by atoms with Crippen LogP contribution in [0.5, 0.6) is 0 Å². The number of carboxylic acids is 1. The molecule has 22 heavy (non-hydrogen) atoms. The molecule has 0 heterocycles. The standard InChI is InChI=1S/C16H21NO4.ClH/c1-12(2)16(20)21-10-9-17(3,4)11-13-5-7-14(8-6-13)15(18)19;/h5-8H,1,9-11H2,2-4H3;1H. The maximum absolute atomic E-state index is 11.3. The van der Waals surface area contributed by atoms with E-state index >= 15 is 0 Å². The number of carboxylic acid groups (broad SMARTS) is 1. The van der Waals surface area contributed by atoms with Crippen molar-refractivity contribution < 1.29 is 36.3 Å². The number of likely N-dealkylation sites (N-methyl/N-ethyl adjacent to an activating group) is 1. The van der Waals surface area contributed by atoms with E-state index in [1.54, 1.807) is 19.1 Å². The normalized spacial score (nSPS) is 10.5. The van der Waals surface area contributed by atoms with Gasteiger partial charge in [-0.2, -0.15) is 0 Å². The van der Waals surface area contributed by atoms with E-state index in [0.717, 1.165) is 12.1 Å². The Kier molecular flexibility index (Phi) is 7.84. The van der Waals surface area contributed by atoms with Crippen LogP contribution in [0.3, 0.4) is 0 Å². The topological polar surface area (TPSA) is 63.6 Å². The largest absolute Gasteiger partial charge is 1.00 e. The summed E-state index contributed by atoms with van der Waals surface area (Å²) in [5.74, 6) is -1.30. The number of halogens is 1. The quantitative estimate of drug-likeness (QED) is 0.400. The van der Waals surface area contributed by atoms with Crippen LogP contribution < -0.4 is 12.4 Å². The number of carbonyl (C=O) groups excluding carboxylic acids is 1. The van der Waals surface area contributed by atoms with Crippen LogP contribution in [-0.2, 0) is 16.1 Å². The molecule has 0 aliphatic carbocycles. The Morgan fingerprint density at radius 2 is 1.77 bits per heavy atom. The first-order chi connectivity index (χ1) is 9.71. The van der Waals surface area contributed by atoms with Crippen LogP contribution in [-0.4, -0.2) is 48.8 Å². The van der Waals surface area contributed by atoms with E-state index in [1.807, 2.05) is 26.2 Å². The van der Waals surface area contributed by atoms with Crippen molar-refractivity contribution in [3.8, 4) is 0 Å². The van der Waals surface area contributed by atoms with Gasteiger partial charge in [0.05, 0.1) is 19.7 Å². The van der Waals surface area contributed by atoms with E-state index in [9.17, 15) is 9.59 Å². The van der Waals surface area contributed by atoms with Crippen LogP contribution in [0.4, 0.5) is 0 Å². The van der Waals surface area contributed by atoms with Gasteiger partial charge >= 0.3 is 11.9 Å². The number of carbonyl (C=O) groups is 2. The molecule has 0 atom stereocenters. The molecule has 0 saturated carbocycles. The highest BCUT2D eigenvalue weighted by Gasteiger charge is 2.17. The maximum Gasteiger partial charge on any atom is 0.335 e. The summed E-state index contributed by atoms with van der Waals surface area (Å²) in [4.78, 5) is 22.1. The van der Waals surface area contributed by atoms with Gasteiger partial charge in [-0.3, -0.25) is 0 Å². The van der Waals surface area contributed by atoms with E-state index in [0.29, 0.717) is 23.2 Å². The van der Waals surface area contributed by atoms with Crippen LogP contribution in [0.25, 0.3) is 0 Å². The van der Waals surface area contributed by atoms with Gasteiger partial charge < -0.3 is 26.7 Å². The molecule has 0 saturated heterocycles. The molecule has 0 bridgehead atoms. The van der Waals surface area contributed by atoms with Crippen molar-refractivity contribution in [2.45, 2.75) is 13.5 Å². The number of ether oxygens (including phenoxy) is 1. The van der Waals surface area contributed by atoms with Gasteiger partial charge in [0.15, 0.2) is 0 Å². The molecule has 122 valence electrons. The van der Waals surface area contributed by atoms with E-state index in [1.165, 1.54) is 0 Å². The summed E-state index contributed by atoms with van der Waals surface area (Å²) < 4.78 is 5.73. The third-order valence-corrected chi connectivity index (χ3v) is 3.09. The fourth-order valence-corrected chi connectivity index (χ4v) is 1.83. The molecule has 0 unspecified atom stereocenters. The van der Waals surface area contributed by atoms with Crippen molar-refractivity contribution in [2.24, 2.45) is 0 Å². The summed E-state index contributed by atoms with van der Waals surface area (Å²) >= 11 is 0.